The largest absolute Gasteiger partial charge is 0.504 e. The second-order valence-corrected chi connectivity index (χ2v) is 11.3. The first-order valence-electron chi connectivity index (χ1n) is 15.2. The SMILES string of the molecule is CCN1CC=C(C(=O)Nc2cccc([C@@H]3c4c(C)nn(-c5ccccc5)c4N(CC)C(=O)[C@H]3NC(=O)c3ccn(C(F)(F)F)n3)c2)C1. The van der Waals surface area contributed by atoms with E-state index in [1.54, 1.807) is 42.8 Å². The molecule has 6 rings (SSSR count). The topological polar surface area (TPSA) is 117 Å². The van der Waals surface area contributed by atoms with Crippen LogP contribution in [0.15, 0.2) is 78.5 Å². The molecule has 2 N–H and O–H groups in total. The lowest BCUT2D eigenvalue weighted by Crippen LogP contribution is -2.55. The number of fused-ring (bicyclic) bond motifs is 1. The number of nitrogens with one attached hydrogen (secondary N) is 2. The summed E-state index contributed by atoms with van der Waals surface area (Å²) in [5.74, 6) is -1.96. The molecule has 0 bridgehead atoms. The Morgan fingerprint density at radius 1 is 0.979 bits per heavy atom. The van der Waals surface area contributed by atoms with Crippen molar-refractivity contribution in [1.29, 1.82) is 0 Å². The van der Waals surface area contributed by atoms with Gasteiger partial charge in [0.1, 0.15) is 17.6 Å². The van der Waals surface area contributed by atoms with Crippen molar-refractivity contribution in [2.75, 3.05) is 36.4 Å². The molecule has 0 unspecified atom stereocenters. The smallest absolute Gasteiger partial charge is 0.338 e. The van der Waals surface area contributed by atoms with Crippen LogP contribution in [0.1, 0.15) is 47.1 Å². The predicted octanol–water partition coefficient (Wildman–Crippen LogP) is 4.35. The minimum Gasteiger partial charge on any atom is -0.338 e. The second kappa shape index (κ2) is 12.5. The normalized spacial score (nSPS) is 18.2. The Hall–Kier alpha value is -5.24. The number of amides is 3. The molecule has 3 amide bonds. The van der Waals surface area contributed by atoms with Crippen molar-refractivity contribution in [3.05, 3.63) is 101 Å². The molecule has 2 aromatic heterocycles. The Kier molecular flexibility index (Phi) is 8.45. The maximum absolute atomic E-state index is 14.3. The van der Waals surface area contributed by atoms with Gasteiger partial charge in [0.15, 0.2) is 0 Å². The minimum absolute atomic E-state index is 0.228. The lowest BCUT2D eigenvalue weighted by Gasteiger charge is -2.38. The Labute approximate surface area is 268 Å². The summed E-state index contributed by atoms with van der Waals surface area (Å²) < 4.78 is 41.1. The van der Waals surface area contributed by atoms with E-state index in [9.17, 15) is 27.6 Å². The number of rotatable bonds is 8. The van der Waals surface area contributed by atoms with Crippen LogP contribution in [-0.2, 0) is 15.9 Å². The zero-order chi connectivity index (χ0) is 33.5. The van der Waals surface area contributed by atoms with Gasteiger partial charge in [-0.1, -0.05) is 43.3 Å². The average Bonchev–Trinajstić information content (AvgIpc) is 3.82. The van der Waals surface area contributed by atoms with Gasteiger partial charge in [0.05, 0.1) is 11.4 Å². The zero-order valence-electron chi connectivity index (χ0n) is 26.0. The van der Waals surface area contributed by atoms with E-state index in [-0.39, 0.29) is 17.1 Å². The monoisotopic (exact) mass is 646 g/mol. The average molecular weight is 647 g/mol. The van der Waals surface area contributed by atoms with Crippen molar-refractivity contribution < 1.29 is 27.6 Å². The number of hydrogen-bond acceptors (Lipinski definition) is 6. The summed E-state index contributed by atoms with van der Waals surface area (Å²) in [5.41, 5.74) is 3.19. The molecule has 4 aromatic rings. The van der Waals surface area contributed by atoms with Gasteiger partial charge < -0.3 is 10.6 Å². The van der Waals surface area contributed by atoms with Crippen LogP contribution < -0.4 is 15.5 Å². The fraction of sp³-hybridized carbons (Fsp3) is 0.303. The maximum Gasteiger partial charge on any atom is 0.504 e. The summed E-state index contributed by atoms with van der Waals surface area (Å²) in [7, 11) is 0. The van der Waals surface area contributed by atoms with Gasteiger partial charge in [-0.3, -0.25) is 24.2 Å². The second-order valence-electron chi connectivity index (χ2n) is 11.3. The van der Waals surface area contributed by atoms with Gasteiger partial charge in [-0.2, -0.15) is 14.9 Å². The van der Waals surface area contributed by atoms with E-state index in [4.69, 9.17) is 5.10 Å². The number of para-hydroxylation sites is 1. The molecule has 2 aliphatic heterocycles. The van der Waals surface area contributed by atoms with Crippen LogP contribution in [0.25, 0.3) is 5.69 Å². The third-order valence-corrected chi connectivity index (χ3v) is 8.43. The van der Waals surface area contributed by atoms with Gasteiger partial charge in [-0.05, 0) is 56.3 Å². The highest BCUT2D eigenvalue weighted by Crippen LogP contribution is 2.44. The summed E-state index contributed by atoms with van der Waals surface area (Å²) in [5, 5.41) is 13.8. The number of alkyl halides is 3. The summed E-state index contributed by atoms with van der Waals surface area (Å²) in [6.45, 7) is 7.88. The first-order valence-corrected chi connectivity index (χ1v) is 15.2. The molecule has 0 saturated heterocycles. The number of aromatic nitrogens is 4. The van der Waals surface area contributed by atoms with E-state index in [1.807, 2.05) is 43.3 Å². The van der Waals surface area contributed by atoms with E-state index in [0.29, 0.717) is 58.9 Å². The molecular formula is C33H33F3N8O3. The quantitative estimate of drug-likeness (QED) is 0.294. The summed E-state index contributed by atoms with van der Waals surface area (Å²) in [6.07, 6.45) is -2.28. The molecule has 244 valence electrons. The van der Waals surface area contributed by atoms with Crippen LogP contribution in [0.5, 0.6) is 0 Å². The molecule has 47 heavy (non-hydrogen) atoms. The highest BCUT2D eigenvalue weighted by molar-refractivity contribution is 6.06. The number of benzene rings is 2. The van der Waals surface area contributed by atoms with Crippen LogP contribution >= 0.6 is 0 Å². The molecule has 11 nitrogen and oxygen atoms in total. The molecule has 14 heteroatoms. The molecule has 0 radical (unpaired) electrons. The predicted molar refractivity (Wildman–Crippen MR) is 168 cm³/mol. The van der Waals surface area contributed by atoms with E-state index in [2.05, 4.69) is 20.6 Å². The molecule has 2 atom stereocenters. The van der Waals surface area contributed by atoms with E-state index < -0.39 is 35.8 Å². The molecular weight excluding hydrogens is 613 g/mol. The van der Waals surface area contributed by atoms with Crippen LogP contribution in [0.3, 0.4) is 0 Å². The van der Waals surface area contributed by atoms with Gasteiger partial charge in [-0.15, -0.1) is 13.2 Å². The number of carbonyl (C=O) groups is 3. The van der Waals surface area contributed by atoms with E-state index >= 15 is 0 Å². The highest BCUT2D eigenvalue weighted by atomic mass is 19.4. The van der Waals surface area contributed by atoms with Crippen molar-refractivity contribution in [1.82, 2.24) is 29.8 Å². The number of aryl methyl sites for hydroxylation is 1. The van der Waals surface area contributed by atoms with Crippen LogP contribution in [-0.4, -0.2) is 74.4 Å². The van der Waals surface area contributed by atoms with Gasteiger partial charge in [0.25, 0.3) is 17.7 Å². The Morgan fingerprint density at radius 2 is 1.74 bits per heavy atom. The summed E-state index contributed by atoms with van der Waals surface area (Å²) >= 11 is 0. The first kappa shape index (κ1) is 31.7. The lowest BCUT2D eigenvalue weighted by molar-refractivity contribution is -0.212. The fourth-order valence-electron chi connectivity index (χ4n) is 6.13. The Bertz CT molecular complexity index is 1860. The van der Waals surface area contributed by atoms with Gasteiger partial charge in [-0.25, -0.2) is 4.68 Å². The fourth-order valence-corrected chi connectivity index (χ4v) is 6.13. The van der Waals surface area contributed by atoms with Crippen molar-refractivity contribution in [3.8, 4) is 5.69 Å². The van der Waals surface area contributed by atoms with Crippen LogP contribution in [0.4, 0.5) is 24.7 Å². The van der Waals surface area contributed by atoms with Gasteiger partial charge in [0.2, 0.25) is 0 Å². The maximum atomic E-state index is 14.3. The van der Waals surface area contributed by atoms with Crippen molar-refractivity contribution in [2.45, 2.75) is 39.0 Å². The molecule has 0 aliphatic carbocycles. The number of anilines is 2. The first-order chi connectivity index (χ1) is 22.5. The third kappa shape index (κ3) is 6.03. The van der Waals surface area contributed by atoms with Gasteiger partial charge in [0, 0.05) is 48.6 Å². The number of likely N-dealkylation sites (N-methyl/N-ethyl adjacent to an activating group) is 2. The number of nitrogens with zero attached hydrogens (tertiary/aromatic N) is 6. The number of hydrogen-bond donors (Lipinski definition) is 2. The minimum atomic E-state index is -4.81. The number of carbonyl (C=O) groups excluding carboxylic acids is 3. The van der Waals surface area contributed by atoms with Crippen LogP contribution in [0.2, 0.25) is 0 Å². The Morgan fingerprint density at radius 3 is 2.40 bits per heavy atom. The van der Waals surface area contributed by atoms with Gasteiger partial charge >= 0.3 is 6.30 Å². The molecule has 0 fully saturated rings. The van der Waals surface area contributed by atoms with Crippen LogP contribution in [0, 0.1) is 6.92 Å². The standard InChI is InChI=1S/C33H33F3N8O3/c1-4-41-16-14-22(19-41)29(45)37-23-11-9-10-21(18-23)27-26-20(3)39-44(24-12-7-6-8-13-24)31(26)42(5-2)32(47)28(27)38-30(46)25-15-17-43(40-25)33(34,35)36/h6-15,17-18,27-28H,4-5,16,19H2,1-3H3,(H,37,45)(H,38,46)/t27-,28+/m1/s1. The van der Waals surface area contributed by atoms with Crippen molar-refractivity contribution in [3.63, 3.8) is 0 Å². The molecule has 2 aromatic carbocycles. The molecule has 2 aliphatic rings. The molecule has 0 saturated carbocycles. The summed E-state index contributed by atoms with van der Waals surface area (Å²) in [4.78, 5) is 44.5. The van der Waals surface area contributed by atoms with Crippen molar-refractivity contribution in [2.24, 2.45) is 0 Å². The molecule has 4 heterocycles. The highest BCUT2D eigenvalue weighted by Gasteiger charge is 2.46. The lowest BCUT2D eigenvalue weighted by atomic mass is 9.81. The molecule has 0 spiro atoms. The van der Waals surface area contributed by atoms with Crippen molar-refractivity contribution >= 4 is 29.2 Å². The Balaban J connectivity index is 1.43. The van der Waals surface area contributed by atoms with E-state index in [0.717, 1.165) is 12.6 Å². The van der Waals surface area contributed by atoms with E-state index in [1.165, 1.54) is 4.90 Å². The summed E-state index contributed by atoms with van der Waals surface area (Å²) in [6, 6.07) is 16.0. The zero-order valence-corrected chi connectivity index (χ0v) is 26.0. The number of halogens is 3. The third-order valence-electron chi connectivity index (χ3n) is 8.43.